The Morgan fingerprint density at radius 3 is 1.62 bits per heavy atom. The van der Waals surface area contributed by atoms with Crippen LogP contribution in [-0.4, -0.2) is 0 Å². The topological polar surface area (TPSA) is 0 Å². The highest BCUT2D eigenvalue weighted by Gasteiger charge is 2.22. The second-order valence-corrected chi connectivity index (χ2v) is 8.73. The Bertz CT molecular complexity index is 337. The van der Waals surface area contributed by atoms with Crippen LogP contribution >= 0.6 is 0 Å². The summed E-state index contributed by atoms with van der Waals surface area (Å²) in [6.07, 6.45) is 28.7. The third-order valence-corrected chi connectivity index (χ3v) is 6.88. The molecule has 0 aliphatic heterocycles. The smallest absolute Gasteiger partial charge is 0.0325 e. The SMILES string of the molecule is C=CCC1CCC(CCCCC2CCC(CC/C=C/C)CC2)CC1. The molecular weight excluding hydrogens is 288 g/mol. The van der Waals surface area contributed by atoms with E-state index in [0.717, 1.165) is 23.7 Å². The molecule has 0 atom stereocenters. The van der Waals surface area contributed by atoms with E-state index in [1.54, 1.807) is 0 Å². The van der Waals surface area contributed by atoms with Crippen molar-refractivity contribution in [2.75, 3.05) is 0 Å². The molecule has 0 aromatic carbocycles. The molecule has 0 unspecified atom stereocenters. The molecule has 0 N–H and O–H groups in total. The van der Waals surface area contributed by atoms with Crippen molar-refractivity contribution in [3.05, 3.63) is 24.8 Å². The van der Waals surface area contributed by atoms with Crippen LogP contribution in [0.15, 0.2) is 24.8 Å². The van der Waals surface area contributed by atoms with Crippen molar-refractivity contribution in [3.8, 4) is 0 Å². The molecule has 0 spiro atoms. The lowest BCUT2D eigenvalue weighted by Crippen LogP contribution is -2.15. The molecule has 2 saturated carbocycles. The van der Waals surface area contributed by atoms with Crippen LogP contribution in [-0.2, 0) is 0 Å². The second-order valence-electron chi connectivity index (χ2n) is 8.73. The zero-order valence-electron chi connectivity index (χ0n) is 16.4. The van der Waals surface area contributed by atoms with Crippen LogP contribution in [0.3, 0.4) is 0 Å². The van der Waals surface area contributed by atoms with E-state index in [-0.39, 0.29) is 0 Å². The Hall–Kier alpha value is -0.520. The molecule has 2 aliphatic carbocycles. The van der Waals surface area contributed by atoms with Crippen LogP contribution in [0.4, 0.5) is 0 Å². The molecule has 2 rings (SSSR count). The molecule has 0 bridgehead atoms. The molecular formula is C24H42. The van der Waals surface area contributed by atoms with Crippen LogP contribution in [0.25, 0.3) is 0 Å². The highest BCUT2D eigenvalue weighted by Crippen LogP contribution is 2.36. The summed E-state index contributed by atoms with van der Waals surface area (Å²) in [6, 6.07) is 0. The first kappa shape index (κ1) is 19.8. The first-order valence-electron chi connectivity index (χ1n) is 11.0. The van der Waals surface area contributed by atoms with E-state index in [2.05, 4.69) is 31.7 Å². The lowest BCUT2D eigenvalue weighted by molar-refractivity contribution is 0.238. The zero-order chi connectivity index (χ0) is 17.0. The van der Waals surface area contributed by atoms with Gasteiger partial charge < -0.3 is 0 Å². The molecule has 0 aromatic rings. The molecule has 0 heterocycles. The van der Waals surface area contributed by atoms with Gasteiger partial charge >= 0.3 is 0 Å². The number of allylic oxidation sites excluding steroid dienone is 3. The lowest BCUT2D eigenvalue weighted by Gasteiger charge is -2.29. The van der Waals surface area contributed by atoms with E-state index in [1.807, 2.05) is 0 Å². The van der Waals surface area contributed by atoms with E-state index in [4.69, 9.17) is 0 Å². The van der Waals surface area contributed by atoms with Gasteiger partial charge in [0.15, 0.2) is 0 Å². The van der Waals surface area contributed by atoms with Gasteiger partial charge in [0.2, 0.25) is 0 Å². The van der Waals surface area contributed by atoms with E-state index >= 15 is 0 Å². The molecule has 0 saturated heterocycles. The summed E-state index contributed by atoms with van der Waals surface area (Å²) in [6.45, 7) is 6.04. The summed E-state index contributed by atoms with van der Waals surface area (Å²) in [4.78, 5) is 0. The molecule has 0 nitrogen and oxygen atoms in total. The zero-order valence-corrected chi connectivity index (χ0v) is 16.4. The van der Waals surface area contributed by atoms with Gasteiger partial charge in [0.1, 0.15) is 0 Å². The van der Waals surface area contributed by atoms with Crippen LogP contribution in [0.5, 0.6) is 0 Å². The quantitative estimate of drug-likeness (QED) is 0.280. The normalized spacial score (nSPS) is 31.4. The number of unbranched alkanes of at least 4 members (excludes halogenated alkanes) is 1. The number of hydrogen-bond donors (Lipinski definition) is 0. The van der Waals surface area contributed by atoms with Gasteiger partial charge in [0, 0.05) is 0 Å². The van der Waals surface area contributed by atoms with Gasteiger partial charge in [-0.2, -0.15) is 0 Å². The van der Waals surface area contributed by atoms with Crippen molar-refractivity contribution >= 4 is 0 Å². The molecule has 138 valence electrons. The predicted octanol–water partition coefficient (Wildman–Crippen LogP) is 8.09. The van der Waals surface area contributed by atoms with Gasteiger partial charge in [-0.3, -0.25) is 0 Å². The highest BCUT2D eigenvalue weighted by atomic mass is 14.3. The second kappa shape index (κ2) is 11.9. The largest absolute Gasteiger partial charge is 0.103 e. The maximum atomic E-state index is 3.90. The third-order valence-electron chi connectivity index (χ3n) is 6.88. The molecule has 0 amide bonds. The maximum Gasteiger partial charge on any atom is -0.0325 e. The molecule has 2 aliphatic rings. The lowest BCUT2D eigenvalue weighted by atomic mass is 9.77. The minimum absolute atomic E-state index is 0.960. The third kappa shape index (κ3) is 7.58. The van der Waals surface area contributed by atoms with Crippen LogP contribution in [0.1, 0.15) is 103 Å². The van der Waals surface area contributed by atoms with E-state index in [1.165, 1.54) is 96.3 Å². The highest BCUT2D eigenvalue weighted by molar-refractivity contribution is 4.81. The van der Waals surface area contributed by atoms with Gasteiger partial charge in [-0.1, -0.05) is 82.4 Å². The summed E-state index contributed by atoms with van der Waals surface area (Å²) in [7, 11) is 0. The van der Waals surface area contributed by atoms with Crippen LogP contribution in [0.2, 0.25) is 0 Å². The number of rotatable bonds is 10. The van der Waals surface area contributed by atoms with Gasteiger partial charge in [-0.25, -0.2) is 0 Å². The first-order valence-corrected chi connectivity index (χ1v) is 11.0. The fourth-order valence-corrected chi connectivity index (χ4v) is 5.17. The fourth-order valence-electron chi connectivity index (χ4n) is 5.17. The van der Waals surface area contributed by atoms with Crippen molar-refractivity contribution < 1.29 is 0 Å². The van der Waals surface area contributed by atoms with Crippen molar-refractivity contribution in [2.45, 2.75) is 103 Å². The predicted molar refractivity (Wildman–Crippen MR) is 108 cm³/mol. The van der Waals surface area contributed by atoms with Crippen LogP contribution in [0, 0.1) is 23.7 Å². The Morgan fingerprint density at radius 1 is 0.708 bits per heavy atom. The van der Waals surface area contributed by atoms with E-state index < -0.39 is 0 Å². The minimum Gasteiger partial charge on any atom is -0.103 e. The van der Waals surface area contributed by atoms with Crippen molar-refractivity contribution in [1.29, 1.82) is 0 Å². The Balaban J connectivity index is 1.46. The summed E-state index contributed by atoms with van der Waals surface area (Å²) < 4.78 is 0. The van der Waals surface area contributed by atoms with Gasteiger partial charge in [0.05, 0.1) is 0 Å². The van der Waals surface area contributed by atoms with Gasteiger partial charge in [0.25, 0.3) is 0 Å². The van der Waals surface area contributed by atoms with E-state index in [0.29, 0.717) is 0 Å². The van der Waals surface area contributed by atoms with E-state index in [9.17, 15) is 0 Å². The van der Waals surface area contributed by atoms with Crippen molar-refractivity contribution in [3.63, 3.8) is 0 Å². The first-order chi connectivity index (χ1) is 11.8. The summed E-state index contributed by atoms with van der Waals surface area (Å²) in [5.74, 6) is 4.10. The average molecular weight is 331 g/mol. The van der Waals surface area contributed by atoms with Gasteiger partial charge in [-0.15, -0.1) is 6.58 Å². The van der Waals surface area contributed by atoms with Crippen molar-refractivity contribution in [1.82, 2.24) is 0 Å². The average Bonchev–Trinajstić information content (AvgIpc) is 2.62. The molecule has 24 heavy (non-hydrogen) atoms. The molecule has 0 aromatic heterocycles. The van der Waals surface area contributed by atoms with Crippen LogP contribution < -0.4 is 0 Å². The Labute approximate surface area is 152 Å². The molecule has 2 fully saturated rings. The monoisotopic (exact) mass is 330 g/mol. The standard InChI is InChI=1S/C24H42/c1-3-5-6-10-22-17-19-24(20-18-22)12-8-7-11-23-15-13-21(9-4-2)14-16-23/h3-5,21-24H,2,6-20H2,1H3/b5-3+. The summed E-state index contributed by atoms with van der Waals surface area (Å²) in [5.41, 5.74) is 0. The Kier molecular flexibility index (Phi) is 9.85. The number of hydrogen-bond acceptors (Lipinski definition) is 0. The fraction of sp³-hybridized carbons (Fsp3) is 0.833. The Morgan fingerprint density at radius 2 is 1.17 bits per heavy atom. The summed E-state index contributed by atoms with van der Waals surface area (Å²) in [5, 5.41) is 0. The molecule has 0 radical (unpaired) electrons. The van der Waals surface area contributed by atoms with Crippen molar-refractivity contribution in [2.24, 2.45) is 23.7 Å². The minimum atomic E-state index is 0.960. The van der Waals surface area contributed by atoms with Gasteiger partial charge in [-0.05, 0) is 62.7 Å². The maximum absolute atomic E-state index is 3.90. The molecule has 0 heteroatoms. The summed E-state index contributed by atoms with van der Waals surface area (Å²) >= 11 is 0.